The van der Waals surface area contributed by atoms with Gasteiger partial charge in [-0.2, -0.15) is 10.5 Å². The van der Waals surface area contributed by atoms with Crippen LogP contribution in [0.2, 0.25) is 0 Å². The molecule has 2 aromatic heterocycles. The number of nitrogens with zero attached hydrogens (tertiary/aromatic N) is 4. The number of thiophene rings is 1. The normalized spacial score (nSPS) is 23.7. The molecule has 0 radical (unpaired) electrons. The third-order valence-electron chi connectivity index (χ3n) is 5.68. The number of benzene rings is 1. The van der Waals surface area contributed by atoms with E-state index in [0.29, 0.717) is 11.5 Å². The fourth-order valence-corrected chi connectivity index (χ4v) is 5.44. The Balaban J connectivity index is 1.49. The maximum Gasteiger partial charge on any atom is 0.216 e. The van der Waals surface area contributed by atoms with Gasteiger partial charge in [-0.25, -0.2) is 0 Å². The molecule has 8 heteroatoms. The number of hydrogen-bond donors (Lipinski definition) is 2. The molecule has 3 heterocycles. The Hall–Kier alpha value is -3.02. The molecular weight excluding hydrogens is 384 g/mol. The number of nitriles is 1. The van der Waals surface area contributed by atoms with Gasteiger partial charge in [0.2, 0.25) is 5.82 Å². The van der Waals surface area contributed by atoms with Crippen LogP contribution >= 0.6 is 11.3 Å². The van der Waals surface area contributed by atoms with Crippen molar-refractivity contribution in [2.45, 2.75) is 43.8 Å². The molecule has 1 aromatic carbocycles. The van der Waals surface area contributed by atoms with E-state index in [1.807, 2.05) is 29.5 Å². The van der Waals surface area contributed by atoms with Crippen LogP contribution in [0.4, 0.5) is 5.69 Å². The summed E-state index contributed by atoms with van der Waals surface area (Å²) in [5.41, 5.74) is 3.55. The number of fused-ring (bicyclic) bond motifs is 3. The summed E-state index contributed by atoms with van der Waals surface area (Å²) in [6.07, 6.45) is 6.62. The van der Waals surface area contributed by atoms with Crippen molar-refractivity contribution < 1.29 is 4.74 Å². The van der Waals surface area contributed by atoms with Crippen molar-refractivity contribution in [3.63, 3.8) is 0 Å². The summed E-state index contributed by atoms with van der Waals surface area (Å²) < 4.78 is 6.65. The number of allylic oxidation sites excluding steroid dienone is 1. The van der Waals surface area contributed by atoms with Crippen LogP contribution in [0.15, 0.2) is 41.9 Å². The molecule has 3 atom stereocenters. The highest BCUT2D eigenvalue weighted by atomic mass is 32.1. The van der Waals surface area contributed by atoms with E-state index in [4.69, 9.17) is 4.74 Å². The number of anilines is 1. The Bertz CT molecular complexity index is 1070. The fourth-order valence-electron chi connectivity index (χ4n) is 4.33. The molecule has 1 aliphatic carbocycles. The van der Waals surface area contributed by atoms with Crippen molar-refractivity contribution in [3.8, 4) is 6.07 Å². The lowest BCUT2D eigenvalue weighted by molar-refractivity contribution is -0.0371. The average Bonchev–Trinajstić information content (AvgIpc) is 3.47. The van der Waals surface area contributed by atoms with E-state index in [-0.39, 0.29) is 18.0 Å². The number of H-pyrrole nitrogens is 1. The molecule has 0 saturated heterocycles. The molecule has 0 bridgehead atoms. The largest absolute Gasteiger partial charge is 0.365 e. The van der Waals surface area contributed by atoms with Gasteiger partial charge in [-0.05, 0) is 41.1 Å². The van der Waals surface area contributed by atoms with Crippen LogP contribution in [0.1, 0.15) is 59.5 Å². The van der Waals surface area contributed by atoms with Gasteiger partial charge in [-0.15, -0.1) is 21.5 Å². The molecule has 1 aliphatic heterocycles. The van der Waals surface area contributed by atoms with E-state index in [2.05, 4.69) is 49.5 Å². The van der Waals surface area contributed by atoms with Gasteiger partial charge >= 0.3 is 0 Å². The highest BCUT2D eigenvalue weighted by Gasteiger charge is 2.39. The molecule has 1 fully saturated rings. The second-order valence-corrected chi connectivity index (χ2v) is 8.27. The lowest BCUT2D eigenvalue weighted by Gasteiger charge is -2.40. The minimum Gasteiger partial charge on any atom is -0.365 e. The molecule has 3 unspecified atom stereocenters. The van der Waals surface area contributed by atoms with Gasteiger partial charge in [0, 0.05) is 28.2 Å². The minimum atomic E-state index is -0.108. The molecule has 0 amide bonds. The number of aromatic amines is 1. The van der Waals surface area contributed by atoms with E-state index >= 15 is 0 Å². The number of ether oxygens (including phenoxy) is 1. The molecule has 0 spiro atoms. The van der Waals surface area contributed by atoms with Crippen LogP contribution < -0.4 is 5.32 Å². The van der Waals surface area contributed by atoms with Crippen molar-refractivity contribution in [1.82, 2.24) is 20.6 Å². The first-order valence-corrected chi connectivity index (χ1v) is 10.7. The first-order valence-electron chi connectivity index (χ1n) is 9.77. The highest BCUT2D eigenvalue weighted by molar-refractivity contribution is 7.10. The molecule has 5 rings (SSSR count). The predicted octanol–water partition coefficient (Wildman–Crippen LogP) is 4.38. The fraction of sp³-hybridized carbons (Fsp3) is 0.333. The monoisotopic (exact) mass is 404 g/mol. The van der Waals surface area contributed by atoms with E-state index in [0.717, 1.165) is 17.7 Å². The van der Waals surface area contributed by atoms with E-state index in [1.165, 1.54) is 29.7 Å². The molecular formula is C21H20N6OS. The molecule has 2 aliphatic rings. The van der Waals surface area contributed by atoms with Gasteiger partial charge in [0.15, 0.2) is 0 Å². The zero-order valence-electron chi connectivity index (χ0n) is 15.7. The van der Waals surface area contributed by atoms with Crippen molar-refractivity contribution in [1.29, 1.82) is 5.26 Å². The maximum absolute atomic E-state index is 9.42. The minimum absolute atomic E-state index is 0.108. The molecule has 7 nitrogen and oxygen atoms in total. The van der Waals surface area contributed by atoms with Gasteiger partial charge in [0.05, 0.1) is 6.10 Å². The van der Waals surface area contributed by atoms with Gasteiger partial charge in [0.1, 0.15) is 17.7 Å². The first-order chi connectivity index (χ1) is 14.3. The summed E-state index contributed by atoms with van der Waals surface area (Å²) in [6.45, 7) is 0. The van der Waals surface area contributed by atoms with Crippen LogP contribution in [0.25, 0.3) is 5.57 Å². The number of aromatic nitrogens is 4. The number of rotatable bonds is 4. The summed E-state index contributed by atoms with van der Waals surface area (Å²) in [4.78, 5) is 1.47. The second-order valence-electron chi connectivity index (χ2n) is 7.32. The highest BCUT2D eigenvalue weighted by Crippen LogP contribution is 2.49. The van der Waals surface area contributed by atoms with Crippen LogP contribution in [0, 0.1) is 11.3 Å². The third-order valence-corrected chi connectivity index (χ3v) is 6.75. The topological polar surface area (TPSA) is 99.5 Å². The van der Waals surface area contributed by atoms with Crippen LogP contribution in [0.3, 0.4) is 0 Å². The van der Waals surface area contributed by atoms with Crippen molar-refractivity contribution in [2.75, 3.05) is 5.32 Å². The number of tetrazole rings is 1. The van der Waals surface area contributed by atoms with Gasteiger partial charge in [-0.3, -0.25) is 0 Å². The summed E-state index contributed by atoms with van der Waals surface area (Å²) in [5, 5.41) is 28.5. The standard InChI is InChI=1S/C21H20N6OS/c22-11-13(21-24-26-27-25-21)12-23-17-7-3-1-5-14(17)19-16-9-10-29-20(16)15-6-2-4-8-18(15)28-19/h1,3,5,7,9-10,12,15,18-19,23H,2,4,6,8H2,(H,24,25,26,27). The number of para-hydroxylation sites is 1. The predicted molar refractivity (Wildman–Crippen MR) is 110 cm³/mol. The Morgan fingerprint density at radius 2 is 2.14 bits per heavy atom. The lowest BCUT2D eigenvalue weighted by Crippen LogP contribution is -2.32. The quantitative estimate of drug-likeness (QED) is 0.626. The van der Waals surface area contributed by atoms with Gasteiger partial charge < -0.3 is 10.1 Å². The molecule has 3 aromatic rings. The smallest absolute Gasteiger partial charge is 0.216 e. The summed E-state index contributed by atoms with van der Waals surface area (Å²) >= 11 is 1.85. The lowest BCUT2D eigenvalue weighted by atomic mass is 9.80. The van der Waals surface area contributed by atoms with Gasteiger partial charge in [-0.1, -0.05) is 31.0 Å². The van der Waals surface area contributed by atoms with E-state index in [9.17, 15) is 5.26 Å². The van der Waals surface area contributed by atoms with Gasteiger partial charge in [0.25, 0.3) is 0 Å². The Labute approximate surface area is 172 Å². The molecule has 146 valence electrons. The zero-order valence-corrected chi connectivity index (χ0v) is 16.5. The van der Waals surface area contributed by atoms with Crippen molar-refractivity contribution in [3.05, 3.63) is 63.7 Å². The Morgan fingerprint density at radius 1 is 1.24 bits per heavy atom. The van der Waals surface area contributed by atoms with Crippen LogP contribution in [0.5, 0.6) is 0 Å². The third kappa shape index (κ3) is 3.33. The SMILES string of the molecule is N#CC(=CNc1ccccc1C1OC2CCCCC2c2sccc21)c1nn[nH]n1. The van der Waals surface area contributed by atoms with Crippen LogP contribution in [-0.2, 0) is 4.74 Å². The zero-order chi connectivity index (χ0) is 19.6. The molecule has 29 heavy (non-hydrogen) atoms. The second kappa shape index (κ2) is 7.78. The number of nitrogens with one attached hydrogen (secondary N) is 2. The Kier molecular flexibility index (Phi) is 4.84. The van der Waals surface area contributed by atoms with Crippen molar-refractivity contribution in [2.24, 2.45) is 0 Å². The summed E-state index contributed by atoms with van der Waals surface area (Å²) in [5.74, 6) is 0.787. The van der Waals surface area contributed by atoms with Crippen LogP contribution in [-0.4, -0.2) is 26.7 Å². The summed E-state index contributed by atoms with van der Waals surface area (Å²) in [6, 6.07) is 12.4. The van der Waals surface area contributed by atoms with E-state index < -0.39 is 0 Å². The van der Waals surface area contributed by atoms with Crippen molar-refractivity contribution >= 4 is 22.6 Å². The average molecular weight is 404 g/mol. The maximum atomic E-state index is 9.42. The number of hydrogen-bond acceptors (Lipinski definition) is 7. The Morgan fingerprint density at radius 3 is 3.00 bits per heavy atom. The first kappa shape index (κ1) is 18.0. The molecule has 2 N–H and O–H groups in total. The van der Waals surface area contributed by atoms with E-state index in [1.54, 1.807) is 6.20 Å². The summed E-state index contributed by atoms with van der Waals surface area (Å²) in [7, 11) is 0. The molecule has 1 saturated carbocycles.